The second-order valence-electron chi connectivity index (χ2n) is 7.38. The second kappa shape index (κ2) is 12.3. The third kappa shape index (κ3) is 7.25. The zero-order valence-electron chi connectivity index (χ0n) is 18.9. The first-order chi connectivity index (χ1) is 15.9. The Balaban J connectivity index is 0.00000408. The standard InChI is InChI=1S/C25H27N5O3.ClH/c1-3-23(31)33-20-13-14-21(28-16(2)17-7-5-4-6-8-17)22(15-20)30-25(32)29-19-11-9-18(10-12-19)24(26)27;/h4-16,28H,3H2,1-2H3,(H3,26,27)(H2,29,30,32);1H. The zero-order valence-corrected chi connectivity index (χ0v) is 19.7. The number of hydrogen-bond acceptors (Lipinski definition) is 5. The van der Waals surface area contributed by atoms with Crippen LogP contribution in [-0.4, -0.2) is 17.8 Å². The fourth-order valence-electron chi connectivity index (χ4n) is 3.10. The minimum absolute atomic E-state index is 0. The number of benzene rings is 3. The summed E-state index contributed by atoms with van der Waals surface area (Å²) in [6, 6.07) is 21.1. The topological polar surface area (TPSA) is 129 Å². The van der Waals surface area contributed by atoms with Crippen LogP contribution in [0.2, 0.25) is 0 Å². The lowest BCUT2D eigenvalue weighted by Gasteiger charge is -2.20. The van der Waals surface area contributed by atoms with Gasteiger partial charge in [-0.25, -0.2) is 4.79 Å². The van der Waals surface area contributed by atoms with Gasteiger partial charge in [-0.2, -0.15) is 0 Å². The van der Waals surface area contributed by atoms with Gasteiger partial charge in [-0.3, -0.25) is 10.2 Å². The van der Waals surface area contributed by atoms with E-state index >= 15 is 0 Å². The van der Waals surface area contributed by atoms with Crippen molar-refractivity contribution in [1.82, 2.24) is 0 Å². The molecule has 1 atom stereocenters. The number of amidine groups is 1. The molecule has 1 unspecified atom stereocenters. The van der Waals surface area contributed by atoms with Crippen LogP contribution < -0.4 is 26.4 Å². The van der Waals surface area contributed by atoms with Gasteiger partial charge in [0.25, 0.3) is 0 Å². The molecule has 0 aromatic heterocycles. The fraction of sp³-hybridized carbons (Fsp3) is 0.160. The SMILES string of the molecule is CCC(=O)Oc1ccc(NC(C)c2ccccc2)c(NC(=O)Nc2ccc(C(=N)N)cc2)c1.Cl. The van der Waals surface area contributed by atoms with Crippen LogP contribution in [0.3, 0.4) is 0 Å². The Hall–Kier alpha value is -4.04. The van der Waals surface area contributed by atoms with Crippen LogP contribution in [-0.2, 0) is 4.79 Å². The number of esters is 1. The lowest BCUT2D eigenvalue weighted by molar-refractivity contribution is -0.134. The Morgan fingerprint density at radius 2 is 1.65 bits per heavy atom. The van der Waals surface area contributed by atoms with Gasteiger partial charge < -0.3 is 26.4 Å². The highest BCUT2D eigenvalue weighted by atomic mass is 35.5. The van der Waals surface area contributed by atoms with Gasteiger partial charge >= 0.3 is 12.0 Å². The molecule has 0 spiro atoms. The number of amides is 2. The number of nitrogens with two attached hydrogens (primary N) is 1. The molecule has 0 radical (unpaired) electrons. The van der Waals surface area contributed by atoms with Crippen molar-refractivity contribution in [2.75, 3.05) is 16.0 Å². The van der Waals surface area contributed by atoms with E-state index in [2.05, 4.69) is 16.0 Å². The first-order valence-electron chi connectivity index (χ1n) is 10.5. The van der Waals surface area contributed by atoms with Gasteiger partial charge in [0.15, 0.2) is 0 Å². The average molecular weight is 482 g/mol. The number of halogens is 1. The van der Waals surface area contributed by atoms with Gasteiger partial charge in [0.1, 0.15) is 11.6 Å². The normalized spacial score (nSPS) is 10.9. The highest BCUT2D eigenvalue weighted by molar-refractivity contribution is 6.02. The second-order valence-corrected chi connectivity index (χ2v) is 7.38. The number of nitrogen functional groups attached to an aromatic ring is 1. The Labute approximate surface area is 204 Å². The molecule has 0 bridgehead atoms. The Kier molecular flexibility index (Phi) is 9.46. The predicted octanol–water partition coefficient (Wildman–Crippen LogP) is 5.52. The highest BCUT2D eigenvalue weighted by Gasteiger charge is 2.13. The molecule has 3 aromatic carbocycles. The van der Waals surface area contributed by atoms with Crippen molar-refractivity contribution in [3.63, 3.8) is 0 Å². The molecule has 0 heterocycles. The molecule has 6 N–H and O–H groups in total. The lowest BCUT2D eigenvalue weighted by Crippen LogP contribution is -2.21. The Bertz CT molecular complexity index is 1140. The van der Waals surface area contributed by atoms with Crippen LogP contribution in [0.4, 0.5) is 21.9 Å². The summed E-state index contributed by atoms with van der Waals surface area (Å²) in [6.45, 7) is 3.73. The van der Waals surface area contributed by atoms with E-state index in [9.17, 15) is 9.59 Å². The van der Waals surface area contributed by atoms with Crippen molar-refractivity contribution in [2.45, 2.75) is 26.3 Å². The number of hydrogen-bond donors (Lipinski definition) is 5. The van der Waals surface area contributed by atoms with E-state index in [-0.39, 0.29) is 36.7 Å². The number of rotatable bonds is 8. The molecule has 0 aliphatic heterocycles. The quantitative estimate of drug-likeness (QED) is 0.125. The summed E-state index contributed by atoms with van der Waals surface area (Å²) in [5.41, 5.74) is 8.78. The smallest absolute Gasteiger partial charge is 0.323 e. The third-order valence-corrected chi connectivity index (χ3v) is 4.88. The monoisotopic (exact) mass is 481 g/mol. The van der Waals surface area contributed by atoms with Crippen molar-refractivity contribution >= 4 is 47.3 Å². The fourth-order valence-corrected chi connectivity index (χ4v) is 3.10. The molecule has 0 saturated carbocycles. The molecule has 3 rings (SSSR count). The van der Waals surface area contributed by atoms with Gasteiger partial charge in [0.05, 0.1) is 11.4 Å². The predicted molar refractivity (Wildman–Crippen MR) is 138 cm³/mol. The van der Waals surface area contributed by atoms with Crippen molar-refractivity contribution in [2.24, 2.45) is 5.73 Å². The van der Waals surface area contributed by atoms with Gasteiger partial charge in [0.2, 0.25) is 0 Å². The summed E-state index contributed by atoms with van der Waals surface area (Å²) in [7, 11) is 0. The van der Waals surface area contributed by atoms with Crippen LogP contribution in [0, 0.1) is 5.41 Å². The zero-order chi connectivity index (χ0) is 23.8. The first kappa shape index (κ1) is 26.2. The molecule has 8 nitrogen and oxygen atoms in total. The maximum absolute atomic E-state index is 12.7. The summed E-state index contributed by atoms with van der Waals surface area (Å²) in [5.74, 6) is -0.0807. The Morgan fingerprint density at radius 3 is 2.26 bits per heavy atom. The molecular formula is C25H28ClN5O3. The molecule has 9 heteroatoms. The third-order valence-electron chi connectivity index (χ3n) is 4.88. The van der Waals surface area contributed by atoms with Crippen molar-refractivity contribution in [3.8, 4) is 5.75 Å². The molecular weight excluding hydrogens is 454 g/mol. The van der Waals surface area contributed by atoms with Gasteiger partial charge in [-0.05, 0) is 48.9 Å². The summed E-state index contributed by atoms with van der Waals surface area (Å²) in [5, 5.41) is 16.4. The van der Waals surface area contributed by atoms with Gasteiger partial charge in [-0.1, -0.05) is 37.3 Å². The van der Waals surface area contributed by atoms with E-state index < -0.39 is 6.03 Å². The number of urea groups is 1. The molecule has 0 fully saturated rings. The Morgan fingerprint density at radius 1 is 0.971 bits per heavy atom. The van der Waals surface area contributed by atoms with Crippen molar-refractivity contribution in [3.05, 3.63) is 83.9 Å². The van der Waals surface area contributed by atoms with E-state index in [0.717, 1.165) is 5.56 Å². The lowest BCUT2D eigenvalue weighted by atomic mass is 10.1. The number of anilines is 3. The molecule has 0 aliphatic carbocycles. The number of carbonyl (C=O) groups excluding carboxylic acids is 2. The molecule has 3 aromatic rings. The molecule has 178 valence electrons. The van der Waals surface area contributed by atoms with E-state index in [1.807, 2.05) is 37.3 Å². The van der Waals surface area contributed by atoms with Crippen molar-refractivity contribution in [1.29, 1.82) is 5.41 Å². The molecule has 0 aliphatic rings. The van der Waals surface area contributed by atoms with E-state index in [1.54, 1.807) is 49.4 Å². The number of ether oxygens (including phenoxy) is 1. The maximum atomic E-state index is 12.7. The van der Waals surface area contributed by atoms with Crippen LogP contribution in [0.25, 0.3) is 0 Å². The van der Waals surface area contributed by atoms with Crippen LogP contribution >= 0.6 is 12.4 Å². The van der Waals surface area contributed by atoms with E-state index in [1.165, 1.54) is 0 Å². The first-order valence-corrected chi connectivity index (χ1v) is 10.5. The minimum atomic E-state index is -0.472. The molecule has 34 heavy (non-hydrogen) atoms. The van der Waals surface area contributed by atoms with Crippen LogP contribution in [0.15, 0.2) is 72.8 Å². The largest absolute Gasteiger partial charge is 0.426 e. The average Bonchev–Trinajstić information content (AvgIpc) is 2.81. The number of nitrogens with one attached hydrogen (secondary N) is 4. The van der Waals surface area contributed by atoms with E-state index in [4.69, 9.17) is 15.9 Å². The maximum Gasteiger partial charge on any atom is 0.323 e. The minimum Gasteiger partial charge on any atom is -0.426 e. The number of carbonyl (C=O) groups is 2. The summed E-state index contributed by atoms with van der Waals surface area (Å²) < 4.78 is 5.31. The summed E-state index contributed by atoms with van der Waals surface area (Å²) in [6.07, 6.45) is 0.241. The molecule has 0 saturated heterocycles. The highest BCUT2D eigenvalue weighted by Crippen LogP contribution is 2.31. The van der Waals surface area contributed by atoms with Gasteiger partial charge in [-0.15, -0.1) is 12.4 Å². The molecule has 2 amide bonds. The van der Waals surface area contributed by atoms with E-state index in [0.29, 0.717) is 28.4 Å². The van der Waals surface area contributed by atoms with Crippen LogP contribution in [0.1, 0.15) is 37.4 Å². The summed E-state index contributed by atoms with van der Waals surface area (Å²) >= 11 is 0. The van der Waals surface area contributed by atoms with Crippen LogP contribution in [0.5, 0.6) is 5.75 Å². The van der Waals surface area contributed by atoms with Gasteiger partial charge in [0, 0.05) is 29.8 Å². The summed E-state index contributed by atoms with van der Waals surface area (Å²) in [4.78, 5) is 24.4. The van der Waals surface area contributed by atoms with Crippen molar-refractivity contribution < 1.29 is 14.3 Å².